The van der Waals surface area contributed by atoms with Crippen molar-refractivity contribution in [2.24, 2.45) is 5.73 Å². The summed E-state index contributed by atoms with van der Waals surface area (Å²) in [6, 6.07) is 0. The molecule has 33 heavy (non-hydrogen) atoms. The molecule has 0 saturated heterocycles. The molecule has 0 aliphatic heterocycles. The first-order valence-electron chi connectivity index (χ1n) is 11.6. The molecule has 0 aliphatic rings. The van der Waals surface area contributed by atoms with Gasteiger partial charge in [-0.3, -0.25) is 24.1 Å². The van der Waals surface area contributed by atoms with Crippen molar-refractivity contribution < 1.29 is 29.4 Å². The lowest BCUT2D eigenvalue weighted by molar-refractivity contribution is -0.130. The Hall–Kier alpha value is -2.28. The van der Waals surface area contributed by atoms with Gasteiger partial charge in [0.1, 0.15) is 12.8 Å². The molecule has 12 nitrogen and oxygen atoms in total. The van der Waals surface area contributed by atoms with E-state index in [9.17, 15) is 24.3 Å². The van der Waals surface area contributed by atoms with Crippen molar-refractivity contribution in [2.45, 2.75) is 51.6 Å². The first-order chi connectivity index (χ1) is 15.8. The molecule has 192 valence electrons. The molecule has 0 aromatic rings. The molecular formula is C21H42N6O6. The fourth-order valence-corrected chi connectivity index (χ4v) is 2.84. The van der Waals surface area contributed by atoms with Crippen LogP contribution in [0.25, 0.3) is 0 Å². The largest absolute Gasteiger partial charge is 0.394 e. The number of nitrogens with zero attached hydrogens (tertiary/aromatic N) is 1. The third-order valence-electron chi connectivity index (χ3n) is 4.60. The van der Waals surface area contributed by atoms with Gasteiger partial charge in [0, 0.05) is 45.8 Å². The Morgan fingerprint density at radius 1 is 0.788 bits per heavy atom. The molecule has 1 unspecified atom stereocenters. The van der Waals surface area contributed by atoms with Gasteiger partial charge < -0.3 is 37.2 Å². The maximum atomic E-state index is 11.9. The van der Waals surface area contributed by atoms with E-state index < -0.39 is 24.5 Å². The number of amides is 4. The fourth-order valence-electron chi connectivity index (χ4n) is 2.84. The van der Waals surface area contributed by atoms with Gasteiger partial charge >= 0.3 is 0 Å². The highest BCUT2D eigenvalue weighted by Crippen LogP contribution is 1.94. The second-order valence-corrected chi connectivity index (χ2v) is 7.74. The SMILES string of the molecule is CCCNC(=O)CC(=O)NCCN(CCNC(=O)CC(=O)NCCCCCN)CC(O)CO. The first kappa shape index (κ1) is 30.7. The molecular weight excluding hydrogens is 432 g/mol. The summed E-state index contributed by atoms with van der Waals surface area (Å²) in [6.07, 6.45) is 1.91. The lowest BCUT2D eigenvalue weighted by atomic mass is 10.2. The molecule has 0 heterocycles. The van der Waals surface area contributed by atoms with Gasteiger partial charge in [-0.1, -0.05) is 13.3 Å². The maximum absolute atomic E-state index is 11.9. The predicted molar refractivity (Wildman–Crippen MR) is 124 cm³/mol. The van der Waals surface area contributed by atoms with Crippen molar-refractivity contribution in [2.75, 3.05) is 59.0 Å². The summed E-state index contributed by atoms with van der Waals surface area (Å²) in [5, 5.41) is 29.4. The van der Waals surface area contributed by atoms with E-state index in [2.05, 4.69) is 21.3 Å². The van der Waals surface area contributed by atoms with Gasteiger partial charge in [-0.05, 0) is 25.8 Å². The van der Waals surface area contributed by atoms with Crippen LogP contribution in [0.4, 0.5) is 0 Å². The summed E-state index contributed by atoms with van der Waals surface area (Å²) in [5.74, 6) is -1.51. The van der Waals surface area contributed by atoms with Crippen LogP contribution in [-0.4, -0.2) is 104 Å². The van der Waals surface area contributed by atoms with Crippen molar-refractivity contribution >= 4 is 23.6 Å². The number of rotatable bonds is 20. The Kier molecular flexibility index (Phi) is 18.9. The number of nitrogens with two attached hydrogens (primary N) is 1. The smallest absolute Gasteiger partial charge is 0.229 e. The molecule has 0 bridgehead atoms. The van der Waals surface area contributed by atoms with E-state index >= 15 is 0 Å². The monoisotopic (exact) mass is 474 g/mol. The van der Waals surface area contributed by atoms with Crippen LogP contribution in [-0.2, 0) is 19.2 Å². The predicted octanol–water partition coefficient (Wildman–Crippen LogP) is -2.57. The second kappa shape index (κ2) is 20.3. The average Bonchev–Trinajstić information content (AvgIpc) is 2.77. The van der Waals surface area contributed by atoms with Gasteiger partial charge in [0.25, 0.3) is 0 Å². The number of aliphatic hydroxyl groups excluding tert-OH is 2. The number of carbonyl (C=O) groups is 4. The lowest BCUT2D eigenvalue weighted by Crippen LogP contribution is -2.44. The summed E-state index contributed by atoms with van der Waals surface area (Å²) < 4.78 is 0. The zero-order chi connectivity index (χ0) is 24.9. The standard InChI is InChI=1S/C21H42N6O6/c1-2-7-23-18(30)13-20(32)25-9-11-27(15-17(29)16-28)12-10-26-21(33)14-19(31)24-8-5-3-4-6-22/h17,28-29H,2-16,22H2,1H3,(H,23,30)(H,24,31)(H,25,32)(H,26,33). The number of carbonyl (C=O) groups excluding carboxylic acids is 4. The van der Waals surface area contributed by atoms with E-state index in [0.717, 1.165) is 25.7 Å². The maximum Gasteiger partial charge on any atom is 0.229 e. The highest BCUT2D eigenvalue weighted by atomic mass is 16.3. The number of nitrogens with one attached hydrogen (secondary N) is 4. The normalized spacial score (nSPS) is 11.7. The zero-order valence-electron chi connectivity index (χ0n) is 19.7. The van der Waals surface area contributed by atoms with E-state index in [1.165, 1.54) is 0 Å². The quantitative estimate of drug-likeness (QED) is 0.0740. The van der Waals surface area contributed by atoms with Crippen LogP contribution in [0.5, 0.6) is 0 Å². The Labute approximate surface area is 196 Å². The van der Waals surface area contributed by atoms with Crippen LogP contribution >= 0.6 is 0 Å². The molecule has 0 aliphatic carbocycles. The molecule has 0 radical (unpaired) electrons. The molecule has 0 aromatic carbocycles. The molecule has 0 saturated carbocycles. The van der Waals surface area contributed by atoms with Crippen molar-refractivity contribution in [1.29, 1.82) is 0 Å². The van der Waals surface area contributed by atoms with Crippen molar-refractivity contribution in [1.82, 2.24) is 26.2 Å². The summed E-state index contributed by atoms with van der Waals surface area (Å²) in [7, 11) is 0. The van der Waals surface area contributed by atoms with Gasteiger partial charge in [0.05, 0.1) is 12.7 Å². The number of hydrogen-bond acceptors (Lipinski definition) is 8. The number of hydrogen-bond donors (Lipinski definition) is 7. The second-order valence-electron chi connectivity index (χ2n) is 7.74. The van der Waals surface area contributed by atoms with Gasteiger partial charge in [0.2, 0.25) is 23.6 Å². The Morgan fingerprint density at radius 3 is 1.73 bits per heavy atom. The first-order valence-corrected chi connectivity index (χ1v) is 11.6. The molecule has 0 rings (SSSR count). The Balaban J connectivity index is 4.23. The summed E-state index contributed by atoms with van der Waals surface area (Å²) >= 11 is 0. The van der Waals surface area contributed by atoms with Crippen molar-refractivity contribution in [3.8, 4) is 0 Å². The third-order valence-corrected chi connectivity index (χ3v) is 4.60. The fraction of sp³-hybridized carbons (Fsp3) is 0.810. The summed E-state index contributed by atoms with van der Waals surface area (Å²) in [6.45, 7) is 4.43. The van der Waals surface area contributed by atoms with Gasteiger partial charge in [0.15, 0.2) is 0 Å². The minimum Gasteiger partial charge on any atom is -0.394 e. The lowest BCUT2D eigenvalue weighted by Gasteiger charge is -2.24. The molecule has 1 atom stereocenters. The van der Waals surface area contributed by atoms with E-state index in [1.54, 1.807) is 4.90 Å². The Bertz CT molecular complexity index is 577. The topological polar surface area (TPSA) is 186 Å². The summed E-state index contributed by atoms with van der Waals surface area (Å²) in [5.41, 5.74) is 5.41. The van der Waals surface area contributed by atoms with E-state index in [-0.39, 0.29) is 44.3 Å². The van der Waals surface area contributed by atoms with Crippen LogP contribution < -0.4 is 27.0 Å². The minimum atomic E-state index is -0.971. The van der Waals surface area contributed by atoms with E-state index in [4.69, 9.17) is 10.8 Å². The summed E-state index contributed by atoms with van der Waals surface area (Å²) in [4.78, 5) is 48.9. The third kappa shape index (κ3) is 18.9. The Morgan fingerprint density at radius 2 is 1.27 bits per heavy atom. The molecule has 0 aromatic heterocycles. The van der Waals surface area contributed by atoms with Crippen LogP contribution in [0.3, 0.4) is 0 Å². The molecule has 0 spiro atoms. The number of unbranched alkanes of at least 4 members (excludes halogenated alkanes) is 2. The molecule has 0 fully saturated rings. The zero-order valence-corrected chi connectivity index (χ0v) is 19.7. The number of aliphatic hydroxyl groups is 2. The molecule has 8 N–H and O–H groups in total. The van der Waals surface area contributed by atoms with Crippen LogP contribution in [0, 0.1) is 0 Å². The highest BCUT2D eigenvalue weighted by Gasteiger charge is 2.14. The van der Waals surface area contributed by atoms with E-state index in [0.29, 0.717) is 32.7 Å². The molecule has 12 heteroatoms. The minimum absolute atomic E-state index is 0.141. The highest BCUT2D eigenvalue weighted by molar-refractivity contribution is 5.97. The van der Waals surface area contributed by atoms with Crippen LogP contribution in [0.2, 0.25) is 0 Å². The van der Waals surface area contributed by atoms with Crippen molar-refractivity contribution in [3.63, 3.8) is 0 Å². The van der Waals surface area contributed by atoms with E-state index in [1.807, 2.05) is 6.92 Å². The van der Waals surface area contributed by atoms with Gasteiger partial charge in [-0.25, -0.2) is 0 Å². The van der Waals surface area contributed by atoms with Crippen LogP contribution in [0.1, 0.15) is 45.4 Å². The molecule has 4 amide bonds. The van der Waals surface area contributed by atoms with Crippen LogP contribution in [0.15, 0.2) is 0 Å². The van der Waals surface area contributed by atoms with Gasteiger partial charge in [-0.15, -0.1) is 0 Å². The average molecular weight is 475 g/mol. The van der Waals surface area contributed by atoms with Gasteiger partial charge in [-0.2, -0.15) is 0 Å². The van der Waals surface area contributed by atoms with Crippen molar-refractivity contribution in [3.05, 3.63) is 0 Å².